The van der Waals surface area contributed by atoms with Gasteiger partial charge in [0, 0.05) is 5.69 Å². The van der Waals surface area contributed by atoms with Crippen LogP contribution in [0.1, 0.15) is 12.5 Å². The van der Waals surface area contributed by atoms with E-state index in [0.717, 1.165) is 11.8 Å². The van der Waals surface area contributed by atoms with Gasteiger partial charge < -0.3 is 10.1 Å². The lowest BCUT2D eigenvalue weighted by atomic mass is 10.2. The molecule has 0 spiro atoms. The van der Waals surface area contributed by atoms with Crippen LogP contribution in [0.5, 0.6) is 5.75 Å². The lowest BCUT2D eigenvalue weighted by Gasteiger charge is -2.14. The first-order chi connectivity index (χ1) is 13.5. The van der Waals surface area contributed by atoms with Crippen molar-refractivity contribution in [2.24, 2.45) is 0 Å². The number of carbonyl (C=O) groups excluding carboxylic acids is 2. The molecule has 8 heteroatoms. The standard InChI is InChI=1S/C20H17FN2O3S2/c1-2-26-16-9-7-15(8-10-16)22-18(24)12-23-19(25)17(28-20(23)27)11-13-3-5-14(21)6-4-13/h3-11H,2,12H2,1H3,(H,22,24)/b17-11-. The van der Waals surface area contributed by atoms with E-state index in [-0.39, 0.29) is 24.2 Å². The fourth-order valence-corrected chi connectivity index (χ4v) is 3.75. The third-order valence-electron chi connectivity index (χ3n) is 3.79. The van der Waals surface area contributed by atoms with Crippen LogP contribution < -0.4 is 10.1 Å². The number of amides is 2. The van der Waals surface area contributed by atoms with Gasteiger partial charge in [-0.15, -0.1) is 0 Å². The molecule has 2 aromatic carbocycles. The molecule has 2 aromatic rings. The minimum atomic E-state index is -0.358. The molecular formula is C20H17FN2O3S2. The number of nitrogens with zero attached hydrogens (tertiary/aromatic N) is 1. The summed E-state index contributed by atoms with van der Waals surface area (Å²) >= 11 is 6.35. The van der Waals surface area contributed by atoms with Crippen LogP contribution in [0.3, 0.4) is 0 Å². The van der Waals surface area contributed by atoms with E-state index in [9.17, 15) is 14.0 Å². The summed E-state index contributed by atoms with van der Waals surface area (Å²) in [6.07, 6.45) is 1.63. The Morgan fingerprint density at radius 1 is 1.21 bits per heavy atom. The summed E-state index contributed by atoms with van der Waals surface area (Å²) in [6.45, 7) is 2.27. The van der Waals surface area contributed by atoms with Crippen molar-refractivity contribution in [1.82, 2.24) is 4.90 Å². The second-order valence-electron chi connectivity index (χ2n) is 5.82. The number of carbonyl (C=O) groups is 2. The lowest BCUT2D eigenvalue weighted by molar-refractivity contribution is -0.126. The number of thiocarbonyl (C=S) groups is 1. The first-order valence-corrected chi connectivity index (χ1v) is 9.72. The predicted octanol–water partition coefficient (Wildman–Crippen LogP) is 4.06. The van der Waals surface area contributed by atoms with Crippen LogP contribution in [-0.2, 0) is 9.59 Å². The van der Waals surface area contributed by atoms with Gasteiger partial charge in [0.05, 0.1) is 11.5 Å². The second kappa shape index (κ2) is 8.99. The molecule has 144 valence electrons. The molecule has 3 rings (SSSR count). The molecule has 5 nitrogen and oxygen atoms in total. The molecule has 0 radical (unpaired) electrons. The average molecular weight is 416 g/mol. The molecular weight excluding hydrogens is 399 g/mol. The number of hydrogen-bond donors (Lipinski definition) is 1. The summed E-state index contributed by atoms with van der Waals surface area (Å²) in [5, 5.41) is 2.73. The molecule has 1 fully saturated rings. The molecule has 0 bridgehead atoms. The third-order valence-corrected chi connectivity index (χ3v) is 5.17. The first kappa shape index (κ1) is 20.0. The van der Waals surface area contributed by atoms with E-state index in [1.165, 1.54) is 17.0 Å². The van der Waals surface area contributed by atoms with Crippen molar-refractivity contribution < 1.29 is 18.7 Å². The number of benzene rings is 2. The van der Waals surface area contributed by atoms with Crippen molar-refractivity contribution in [2.75, 3.05) is 18.5 Å². The topological polar surface area (TPSA) is 58.6 Å². The number of hydrogen-bond acceptors (Lipinski definition) is 5. The number of anilines is 1. The van der Waals surface area contributed by atoms with Gasteiger partial charge in [-0.25, -0.2) is 4.39 Å². The second-order valence-corrected chi connectivity index (χ2v) is 7.50. The molecule has 1 N–H and O–H groups in total. The Balaban J connectivity index is 1.63. The third kappa shape index (κ3) is 4.96. The number of nitrogens with one attached hydrogen (secondary N) is 1. The van der Waals surface area contributed by atoms with E-state index in [2.05, 4.69) is 5.32 Å². The van der Waals surface area contributed by atoms with Gasteiger partial charge in [0.25, 0.3) is 5.91 Å². The highest BCUT2D eigenvalue weighted by Gasteiger charge is 2.33. The zero-order valence-corrected chi connectivity index (χ0v) is 16.6. The normalized spacial score (nSPS) is 15.2. The van der Waals surface area contributed by atoms with Gasteiger partial charge in [0.15, 0.2) is 0 Å². The molecule has 0 atom stereocenters. The number of halogens is 1. The van der Waals surface area contributed by atoms with E-state index in [1.807, 2.05) is 6.92 Å². The molecule has 1 heterocycles. The van der Waals surface area contributed by atoms with Crippen molar-refractivity contribution in [2.45, 2.75) is 6.92 Å². The minimum absolute atomic E-state index is 0.182. The van der Waals surface area contributed by atoms with Gasteiger partial charge in [-0.1, -0.05) is 36.1 Å². The highest BCUT2D eigenvalue weighted by molar-refractivity contribution is 8.26. The molecule has 0 aliphatic carbocycles. The van der Waals surface area contributed by atoms with Crippen LogP contribution in [0, 0.1) is 5.82 Å². The van der Waals surface area contributed by atoms with Gasteiger partial charge in [-0.05, 0) is 55.0 Å². The van der Waals surface area contributed by atoms with Crippen LogP contribution >= 0.6 is 24.0 Å². The molecule has 1 saturated heterocycles. The average Bonchev–Trinajstić information content (AvgIpc) is 2.93. The molecule has 1 aliphatic rings. The van der Waals surface area contributed by atoms with E-state index >= 15 is 0 Å². The van der Waals surface area contributed by atoms with Crippen molar-refractivity contribution in [3.63, 3.8) is 0 Å². The van der Waals surface area contributed by atoms with Crippen LogP contribution in [0.15, 0.2) is 53.4 Å². The van der Waals surface area contributed by atoms with Gasteiger partial charge in [-0.3, -0.25) is 14.5 Å². The van der Waals surface area contributed by atoms with Crippen molar-refractivity contribution in [3.8, 4) is 5.75 Å². The maximum Gasteiger partial charge on any atom is 0.266 e. The van der Waals surface area contributed by atoms with E-state index in [1.54, 1.807) is 42.5 Å². The Morgan fingerprint density at radius 2 is 1.89 bits per heavy atom. The highest BCUT2D eigenvalue weighted by Crippen LogP contribution is 2.32. The van der Waals surface area contributed by atoms with Crippen molar-refractivity contribution in [1.29, 1.82) is 0 Å². The minimum Gasteiger partial charge on any atom is -0.494 e. The van der Waals surface area contributed by atoms with Crippen LogP contribution in [0.25, 0.3) is 6.08 Å². The highest BCUT2D eigenvalue weighted by atomic mass is 32.2. The van der Waals surface area contributed by atoms with E-state index in [0.29, 0.717) is 32.8 Å². The van der Waals surface area contributed by atoms with Crippen LogP contribution in [-0.4, -0.2) is 34.2 Å². The molecule has 0 saturated carbocycles. The Hall–Kier alpha value is -2.71. The van der Waals surface area contributed by atoms with Crippen molar-refractivity contribution in [3.05, 3.63) is 64.8 Å². The summed E-state index contributed by atoms with van der Waals surface area (Å²) in [4.78, 5) is 26.5. The Morgan fingerprint density at radius 3 is 2.54 bits per heavy atom. The summed E-state index contributed by atoms with van der Waals surface area (Å²) in [5.41, 5.74) is 1.28. The maximum absolute atomic E-state index is 13.0. The van der Waals surface area contributed by atoms with Crippen molar-refractivity contribution >= 4 is 51.9 Å². The first-order valence-electron chi connectivity index (χ1n) is 8.50. The summed E-state index contributed by atoms with van der Waals surface area (Å²) in [5.74, 6) is -0.344. The number of thioether (sulfide) groups is 1. The summed E-state index contributed by atoms with van der Waals surface area (Å²) < 4.78 is 18.7. The molecule has 2 amide bonds. The molecule has 0 aromatic heterocycles. The number of ether oxygens (including phenoxy) is 1. The van der Waals surface area contributed by atoms with E-state index in [4.69, 9.17) is 17.0 Å². The van der Waals surface area contributed by atoms with Gasteiger partial charge in [0.2, 0.25) is 5.91 Å². The van der Waals surface area contributed by atoms with Gasteiger partial charge >= 0.3 is 0 Å². The molecule has 28 heavy (non-hydrogen) atoms. The summed E-state index contributed by atoms with van der Waals surface area (Å²) in [7, 11) is 0. The Bertz CT molecular complexity index is 927. The molecule has 1 aliphatic heterocycles. The smallest absolute Gasteiger partial charge is 0.266 e. The Kier molecular flexibility index (Phi) is 6.43. The van der Waals surface area contributed by atoms with E-state index < -0.39 is 0 Å². The SMILES string of the molecule is CCOc1ccc(NC(=O)CN2C(=O)/C(=C/c3ccc(F)cc3)SC2=S)cc1. The molecule has 0 unspecified atom stereocenters. The van der Waals surface area contributed by atoms with Gasteiger partial charge in [-0.2, -0.15) is 0 Å². The monoisotopic (exact) mass is 416 g/mol. The predicted molar refractivity (Wildman–Crippen MR) is 113 cm³/mol. The zero-order chi connectivity index (χ0) is 20.1. The largest absolute Gasteiger partial charge is 0.494 e. The van der Waals surface area contributed by atoms with Crippen LogP contribution in [0.2, 0.25) is 0 Å². The summed E-state index contributed by atoms with van der Waals surface area (Å²) in [6, 6.07) is 12.7. The Labute approximate surface area is 171 Å². The van der Waals surface area contributed by atoms with Crippen LogP contribution in [0.4, 0.5) is 10.1 Å². The maximum atomic E-state index is 13.0. The quantitative estimate of drug-likeness (QED) is 0.568. The fourth-order valence-electron chi connectivity index (χ4n) is 2.49. The zero-order valence-electron chi connectivity index (χ0n) is 15.0. The lowest BCUT2D eigenvalue weighted by Crippen LogP contribution is -2.36. The fraction of sp³-hybridized carbons (Fsp3) is 0.150. The number of rotatable bonds is 6. The van der Waals surface area contributed by atoms with Gasteiger partial charge in [0.1, 0.15) is 22.4 Å².